The van der Waals surface area contributed by atoms with Gasteiger partial charge in [0.05, 0.1) is 52.5 Å². The third kappa shape index (κ3) is 6.30. The Morgan fingerprint density at radius 1 is 1.19 bits per heavy atom. The molecule has 2 saturated heterocycles. The van der Waals surface area contributed by atoms with Crippen LogP contribution in [0.4, 0.5) is 0 Å². The van der Waals surface area contributed by atoms with Crippen molar-refractivity contribution in [2.75, 3.05) is 0 Å². The minimum Gasteiger partial charge on any atom is -0.392 e. The maximum absolute atomic E-state index is 13.2. The molecule has 7 atom stereocenters. The summed E-state index contributed by atoms with van der Waals surface area (Å²) in [5.41, 5.74) is -0.0663. The van der Waals surface area contributed by atoms with Crippen molar-refractivity contribution >= 4 is 34.9 Å². The van der Waals surface area contributed by atoms with Crippen LogP contribution in [0.2, 0.25) is 0 Å². The summed E-state index contributed by atoms with van der Waals surface area (Å²) >= 11 is 1.55. The van der Waals surface area contributed by atoms with E-state index in [2.05, 4.69) is 10.3 Å². The molecule has 1 amide bonds. The number of amides is 1. The first-order valence-corrected chi connectivity index (χ1v) is 13.5. The van der Waals surface area contributed by atoms with E-state index >= 15 is 0 Å². The Hall–Kier alpha value is -1.94. The van der Waals surface area contributed by atoms with Crippen molar-refractivity contribution in [2.24, 2.45) is 17.3 Å². The van der Waals surface area contributed by atoms with Gasteiger partial charge in [0.2, 0.25) is 5.91 Å². The Bertz CT molecular complexity index is 1030. The van der Waals surface area contributed by atoms with E-state index in [1.807, 2.05) is 32.2 Å². The van der Waals surface area contributed by atoms with Crippen LogP contribution in [-0.4, -0.2) is 62.6 Å². The number of aromatic nitrogens is 1. The predicted molar refractivity (Wildman–Crippen MR) is 138 cm³/mol. The number of rotatable bonds is 2. The van der Waals surface area contributed by atoms with Crippen molar-refractivity contribution in [3.63, 3.8) is 0 Å². The highest BCUT2D eigenvalue weighted by Crippen LogP contribution is 2.44. The zero-order valence-electron chi connectivity index (χ0n) is 22.3. The number of ether oxygens (including phenoxy) is 1. The lowest BCUT2D eigenvalue weighted by Gasteiger charge is -2.34. The molecule has 0 radical (unpaired) electrons. The van der Waals surface area contributed by atoms with Crippen molar-refractivity contribution in [1.29, 1.82) is 0 Å². The molecule has 0 bridgehead atoms. The molecule has 0 saturated carbocycles. The van der Waals surface area contributed by atoms with Crippen LogP contribution in [0.15, 0.2) is 11.0 Å². The van der Waals surface area contributed by atoms with E-state index in [0.717, 1.165) is 16.3 Å². The van der Waals surface area contributed by atoms with Gasteiger partial charge in [-0.05, 0) is 38.8 Å². The number of fused-ring (bicyclic) bond motifs is 1. The van der Waals surface area contributed by atoms with E-state index in [4.69, 9.17) is 4.74 Å². The maximum atomic E-state index is 13.2. The molecule has 3 heterocycles. The standard InChI is InChI=1S/C27H40N2O6S/c1-14(10-18-13-36-17(4)28-18)19-11-22-27(7,35-22)9-8-20(30)15(2)24(33)16(3)25(34)26(5,6)21(31)12-23(32)29-19/h10,13,15-16,19,21-22,24,31,33H,8-9,11-12H2,1-7H3,(H,29,32)/t15-,16+,19-,21-,22?,24-,27+/m0/s1. The molecule has 3 rings (SSSR count). The number of hydrogen-bond acceptors (Lipinski definition) is 8. The van der Waals surface area contributed by atoms with Gasteiger partial charge < -0.3 is 20.3 Å². The van der Waals surface area contributed by atoms with Gasteiger partial charge in [-0.2, -0.15) is 0 Å². The fraction of sp³-hybridized carbons (Fsp3) is 0.704. The summed E-state index contributed by atoms with van der Waals surface area (Å²) in [6.07, 6.45) is 0.321. The largest absolute Gasteiger partial charge is 0.392 e. The molecule has 0 aromatic carbocycles. The summed E-state index contributed by atoms with van der Waals surface area (Å²) < 4.78 is 5.99. The maximum Gasteiger partial charge on any atom is 0.223 e. The first-order chi connectivity index (χ1) is 16.7. The molecular weight excluding hydrogens is 480 g/mol. The van der Waals surface area contributed by atoms with Crippen molar-refractivity contribution in [3.05, 3.63) is 21.7 Å². The summed E-state index contributed by atoms with van der Waals surface area (Å²) in [6.45, 7) is 12.2. The number of carbonyl (C=O) groups is 3. The zero-order valence-corrected chi connectivity index (χ0v) is 23.1. The fourth-order valence-electron chi connectivity index (χ4n) is 4.97. The highest BCUT2D eigenvalue weighted by molar-refractivity contribution is 7.09. The first kappa shape index (κ1) is 28.6. The van der Waals surface area contributed by atoms with Crippen LogP contribution in [0.3, 0.4) is 0 Å². The van der Waals surface area contributed by atoms with E-state index in [-0.39, 0.29) is 42.5 Å². The number of nitrogens with one attached hydrogen (secondary N) is 1. The summed E-state index contributed by atoms with van der Waals surface area (Å²) in [6, 6.07) is -0.361. The van der Waals surface area contributed by atoms with Gasteiger partial charge in [-0.3, -0.25) is 14.4 Å². The molecule has 200 valence electrons. The van der Waals surface area contributed by atoms with Gasteiger partial charge in [0, 0.05) is 30.1 Å². The van der Waals surface area contributed by atoms with Gasteiger partial charge in [-0.1, -0.05) is 27.7 Å². The number of Topliss-reactive ketones (excluding diaryl/α,β-unsaturated/α-hetero) is 2. The topological polar surface area (TPSA) is 129 Å². The van der Waals surface area contributed by atoms with Gasteiger partial charge in [-0.15, -0.1) is 11.3 Å². The van der Waals surface area contributed by atoms with Crippen molar-refractivity contribution in [2.45, 2.75) is 104 Å². The highest BCUT2D eigenvalue weighted by atomic mass is 32.1. The van der Waals surface area contributed by atoms with Gasteiger partial charge in [0.1, 0.15) is 11.6 Å². The van der Waals surface area contributed by atoms with Crippen LogP contribution in [0, 0.1) is 24.2 Å². The predicted octanol–water partition coefficient (Wildman–Crippen LogP) is 3.23. The molecule has 2 aliphatic heterocycles. The quantitative estimate of drug-likeness (QED) is 0.511. The van der Waals surface area contributed by atoms with Gasteiger partial charge in [-0.25, -0.2) is 4.98 Å². The smallest absolute Gasteiger partial charge is 0.223 e. The van der Waals surface area contributed by atoms with Crippen LogP contribution < -0.4 is 5.32 Å². The van der Waals surface area contributed by atoms with E-state index in [0.29, 0.717) is 12.8 Å². The number of epoxide rings is 1. The molecule has 1 aromatic heterocycles. The van der Waals surface area contributed by atoms with E-state index < -0.39 is 35.1 Å². The molecule has 0 spiro atoms. The number of carbonyl (C=O) groups excluding carboxylic acids is 3. The fourth-order valence-corrected chi connectivity index (χ4v) is 5.54. The summed E-state index contributed by atoms with van der Waals surface area (Å²) in [5.74, 6) is -2.48. The Labute approximate surface area is 217 Å². The van der Waals surface area contributed by atoms with Gasteiger partial charge >= 0.3 is 0 Å². The van der Waals surface area contributed by atoms with Crippen LogP contribution in [0.5, 0.6) is 0 Å². The molecule has 2 fully saturated rings. The first-order valence-electron chi connectivity index (χ1n) is 12.7. The molecule has 1 unspecified atom stereocenters. The van der Waals surface area contributed by atoms with E-state index in [9.17, 15) is 24.6 Å². The zero-order chi connectivity index (χ0) is 27.0. The van der Waals surface area contributed by atoms with Crippen LogP contribution in [-0.2, 0) is 19.1 Å². The SMILES string of the molecule is CC(=Cc1csc(C)n1)[C@@H]1CC2O[C@]2(C)CCC(=O)[C@H](C)[C@H](O)[C@@H](C)C(=O)C(C)(C)[C@@H](O)CC(=O)N1. The molecular formula is C27H40N2O6S. The van der Waals surface area contributed by atoms with Crippen LogP contribution in [0.25, 0.3) is 6.08 Å². The third-order valence-corrected chi connectivity index (χ3v) is 8.83. The average Bonchev–Trinajstić information content (AvgIpc) is 3.26. The van der Waals surface area contributed by atoms with Crippen LogP contribution in [0.1, 0.15) is 77.9 Å². The lowest BCUT2D eigenvalue weighted by molar-refractivity contribution is -0.144. The van der Waals surface area contributed by atoms with Gasteiger partial charge in [0.25, 0.3) is 0 Å². The number of aryl methyl sites for hydroxylation is 1. The third-order valence-electron chi connectivity index (χ3n) is 8.04. The van der Waals surface area contributed by atoms with Crippen molar-refractivity contribution in [1.82, 2.24) is 10.3 Å². The minimum atomic E-state index is -1.28. The second-order valence-corrected chi connectivity index (χ2v) is 12.4. The Kier molecular flexibility index (Phi) is 8.60. The second-order valence-electron chi connectivity index (χ2n) is 11.3. The summed E-state index contributed by atoms with van der Waals surface area (Å²) in [4.78, 5) is 43.6. The average molecular weight is 521 g/mol. The second kappa shape index (κ2) is 10.8. The summed E-state index contributed by atoms with van der Waals surface area (Å²) in [7, 11) is 0. The van der Waals surface area contributed by atoms with Gasteiger partial charge in [0.15, 0.2) is 0 Å². The highest BCUT2D eigenvalue weighted by Gasteiger charge is 2.53. The Morgan fingerprint density at radius 3 is 2.47 bits per heavy atom. The molecule has 36 heavy (non-hydrogen) atoms. The van der Waals surface area contributed by atoms with Crippen molar-refractivity contribution in [3.8, 4) is 0 Å². The lowest BCUT2D eigenvalue weighted by atomic mass is 9.72. The summed E-state index contributed by atoms with van der Waals surface area (Å²) in [5, 5.41) is 27.6. The van der Waals surface area contributed by atoms with E-state index in [1.165, 1.54) is 0 Å². The van der Waals surface area contributed by atoms with E-state index in [1.54, 1.807) is 39.0 Å². The number of hydrogen-bond donors (Lipinski definition) is 3. The lowest BCUT2D eigenvalue weighted by Crippen LogP contribution is -2.48. The number of nitrogens with zero attached hydrogens (tertiary/aromatic N) is 1. The number of ketones is 2. The van der Waals surface area contributed by atoms with Crippen LogP contribution >= 0.6 is 11.3 Å². The molecule has 9 heteroatoms. The Morgan fingerprint density at radius 2 is 1.86 bits per heavy atom. The number of thiazole rings is 1. The molecule has 3 N–H and O–H groups in total. The normalized spacial score (nSPS) is 36.8. The molecule has 2 aliphatic rings. The number of aliphatic hydroxyl groups is 2. The number of aliphatic hydroxyl groups excluding tert-OH is 2. The molecule has 8 nitrogen and oxygen atoms in total. The molecule has 1 aromatic rings. The van der Waals surface area contributed by atoms with Crippen molar-refractivity contribution < 1.29 is 29.3 Å². The molecule has 0 aliphatic carbocycles. The minimum absolute atomic E-state index is 0.122. The monoisotopic (exact) mass is 520 g/mol. The Balaban J connectivity index is 1.89.